The van der Waals surface area contributed by atoms with Gasteiger partial charge in [0.05, 0.1) is 13.3 Å². The van der Waals surface area contributed by atoms with E-state index in [1.165, 1.54) is 25.3 Å². The van der Waals surface area contributed by atoms with Gasteiger partial charge in [0.25, 0.3) is 0 Å². The van der Waals surface area contributed by atoms with Crippen LogP contribution in [0.25, 0.3) is 6.08 Å². The van der Waals surface area contributed by atoms with Crippen molar-refractivity contribution in [3.8, 4) is 11.5 Å². The average molecular weight is 365 g/mol. The Hall–Kier alpha value is -2.90. The van der Waals surface area contributed by atoms with E-state index in [1.54, 1.807) is 29.1 Å². The number of hydrogen-bond acceptors (Lipinski definition) is 4. The third kappa shape index (κ3) is 5.58. The van der Waals surface area contributed by atoms with Crippen LogP contribution in [-0.2, 0) is 11.3 Å². The van der Waals surface area contributed by atoms with E-state index in [4.69, 9.17) is 4.74 Å². The normalized spacial score (nSPS) is 11.3. The molecular formula is C18H21F2N3O3. The molecule has 0 saturated heterocycles. The highest BCUT2D eigenvalue weighted by Gasteiger charge is 2.11. The Bertz CT molecular complexity index is 773. The molecule has 26 heavy (non-hydrogen) atoms. The van der Waals surface area contributed by atoms with Crippen LogP contribution in [0.3, 0.4) is 0 Å². The first-order valence-electron chi connectivity index (χ1n) is 8.02. The molecule has 0 aliphatic heterocycles. The number of carbonyl (C=O) groups excluding carboxylic acids is 1. The Morgan fingerprint density at radius 1 is 1.31 bits per heavy atom. The molecule has 0 aliphatic carbocycles. The lowest BCUT2D eigenvalue weighted by Crippen LogP contribution is -2.15. The Kier molecular flexibility index (Phi) is 6.71. The highest BCUT2D eigenvalue weighted by molar-refractivity contribution is 6.01. The van der Waals surface area contributed by atoms with E-state index in [0.29, 0.717) is 23.8 Å². The zero-order chi connectivity index (χ0) is 19.1. The second-order valence-corrected chi connectivity index (χ2v) is 5.90. The number of anilines is 1. The number of benzene rings is 1. The molecule has 0 atom stereocenters. The number of rotatable bonds is 8. The summed E-state index contributed by atoms with van der Waals surface area (Å²) in [7, 11) is 1.35. The van der Waals surface area contributed by atoms with Crippen LogP contribution in [-0.4, -0.2) is 29.4 Å². The fourth-order valence-corrected chi connectivity index (χ4v) is 2.25. The molecule has 0 spiro atoms. The van der Waals surface area contributed by atoms with Crippen LogP contribution in [0.1, 0.15) is 19.4 Å². The minimum Gasteiger partial charge on any atom is -0.493 e. The Morgan fingerprint density at radius 2 is 2.08 bits per heavy atom. The number of alkyl halides is 2. The van der Waals surface area contributed by atoms with Crippen molar-refractivity contribution < 1.29 is 23.0 Å². The smallest absolute Gasteiger partial charge is 0.387 e. The second kappa shape index (κ2) is 8.98. The summed E-state index contributed by atoms with van der Waals surface area (Å²) in [6, 6.07) is 6.13. The molecule has 2 rings (SSSR count). The second-order valence-electron chi connectivity index (χ2n) is 5.90. The highest BCUT2D eigenvalue weighted by Crippen LogP contribution is 2.29. The third-order valence-corrected chi connectivity index (χ3v) is 3.34. The highest BCUT2D eigenvalue weighted by atomic mass is 19.3. The molecule has 1 aromatic heterocycles. The van der Waals surface area contributed by atoms with Crippen molar-refractivity contribution in [2.75, 3.05) is 12.4 Å². The molecule has 2 aromatic rings. The number of ether oxygens (including phenoxy) is 2. The minimum atomic E-state index is -2.94. The van der Waals surface area contributed by atoms with Gasteiger partial charge in [0, 0.05) is 18.7 Å². The van der Waals surface area contributed by atoms with E-state index in [1.807, 2.05) is 0 Å². The molecule has 0 radical (unpaired) electrons. The van der Waals surface area contributed by atoms with Crippen molar-refractivity contribution in [1.82, 2.24) is 9.78 Å². The molecule has 1 aromatic carbocycles. The number of amides is 1. The van der Waals surface area contributed by atoms with Gasteiger partial charge in [-0.15, -0.1) is 0 Å². The molecule has 8 heteroatoms. The van der Waals surface area contributed by atoms with Gasteiger partial charge in [-0.25, -0.2) is 4.68 Å². The predicted molar refractivity (Wildman–Crippen MR) is 94.4 cm³/mol. The van der Waals surface area contributed by atoms with Gasteiger partial charge in [-0.05, 0) is 29.7 Å². The Balaban J connectivity index is 2.05. The zero-order valence-corrected chi connectivity index (χ0v) is 14.8. The van der Waals surface area contributed by atoms with Crippen molar-refractivity contribution in [3.63, 3.8) is 0 Å². The van der Waals surface area contributed by atoms with Gasteiger partial charge in [0.2, 0.25) is 5.91 Å². The van der Waals surface area contributed by atoms with Crippen molar-refractivity contribution in [1.29, 1.82) is 0 Å². The molecule has 1 amide bonds. The summed E-state index contributed by atoms with van der Waals surface area (Å²) < 4.78 is 35.8. The minimum absolute atomic E-state index is 0.0679. The van der Waals surface area contributed by atoms with Crippen LogP contribution in [0.5, 0.6) is 11.5 Å². The van der Waals surface area contributed by atoms with Gasteiger partial charge in [-0.2, -0.15) is 13.9 Å². The molecule has 0 aliphatic rings. The number of nitrogens with zero attached hydrogens (tertiary/aromatic N) is 2. The Morgan fingerprint density at radius 3 is 2.73 bits per heavy atom. The van der Waals surface area contributed by atoms with Crippen molar-refractivity contribution in [3.05, 3.63) is 42.1 Å². The van der Waals surface area contributed by atoms with Gasteiger partial charge in [0.1, 0.15) is 5.82 Å². The molecule has 1 N–H and O–H groups in total. The average Bonchev–Trinajstić information content (AvgIpc) is 2.99. The summed E-state index contributed by atoms with van der Waals surface area (Å²) in [4.78, 5) is 12.1. The van der Waals surface area contributed by atoms with Crippen molar-refractivity contribution in [2.45, 2.75) is 27.0 Å². The largest absolute Gasteiger partial charge is 0.493 e. The third-order valence-electron chi connectivity index (χ3n) is 3.34. The van der Waals surface area contributed by atoms with Crippen LogP contribution in [0.2, 0.25) is 0 Å². The SMILES string of the molecule is COc1cc(C=CC(=O)Nc2ccnn2CC(C)C)ccc1OC(F)F. The summed E-state index contributed by atoms with van der Waals surface area (Å²) in [5.74, 6) is 0.751. The molecular weight excluding hydrogens is 344 g/mol. The fourth-order valence-electron chi connectivity index (χ4n) is 2.25. The standard InChI is InChI=1S/C18H21F2N3O3/c1-12(2)11-23-16(8-9-21-23)22-17(24)7-5-13-4-6-14(26-18(19)20)15(10-13)25-3/h4-10,12,18H,11H2,1-3H3,(H,22,24). The first-order chi connectivity index (χ1) is 12.4. The lowest BCUT2D eigenvalue weighted by molar-refractivity contribution is -0.111. The number of carbonyl (C=O) groups is 1. The van der Waals surface area contributed by atoms with E-state index in [0.717, 1.165) is 0 Å². The summed E-state index contributed by atoms with van der Waals surface area (Å²) in [6.07, 6.45) is 4.51. The predicted octanol–water partition coefficient (Wildman–Crippen LogP) is 3.80. The quantitative estimate of drug-likeness (QED) is 0.723. The summed E-state index contributed by atoms with van der Waals surface area (Å²) in [5.41, 5.74) is 0.606. The van der Waals surface area contributed by atoms with Crippen molar-refractivity contribution in [2.24, 2.45) is 5.92 Å². The first-order valence-corrected chi connectivity index (χ1v) is 8.02. The molecule has 1 heterocycles. The summed E-state index contributed by atoms with van der Waals surface area (Å²) in [5, 5.41) is 6.92. The van der Waals surface area contributed by atoms with Crippen LogP contribution in [0.4, 0.5) is 14.6 Å². The number of methoxy groups -OCH3 is 1. The van der Waals surface area contributed by atoms with Crippen LogP contribution < -0.4 is 14.8 Å². The monoisotopic (exact) mass is 365 g/mol. The van der Waals surface area contributed by atoms with Crippen LogP contribution in [0, 0.1) is 5.92 Å². The lowest BCUT2D eigenvalue weighted by Gasteiger charge is -2.10. The number of nitrogens with one attached hydrogen (secondary N) is 1. The van der Waals surface area contributed by atoms with Gasteiger partial charge < -0.3 is 14.8 Å². The van der Waals surface area contributed by atoms with E-state index < -0.39 is 6.61 Å². The number of halogens is 2. The summed E-state index contributed by atoms with van der Waals surface area (Å²) in [6.45, 7) is 1.87. The van der Waals surface area contributed by atoms with Gasteiger partial charge in [-0.3, -0.25) is 4.79 Å². The van der Waals surface area contributed by atoms with Crippen molar-refractivity contribution >= 4 is 17.8 Å². The first kappa shape index (κ1) is 19.4. The molecule has 0 fully saturated rings. The van der Waals surface area contributed by atoms with Gasteiger partial charge in [0.15, 0.2) is 11.5 Å². The molecule has 0 bridgehead atoms. The topological polar surface area (TPSA) is 65.4 Å². The summed E-state index contributed by atoms with van der Waals surface area (Å²) >= 11 is 0. The maximum absolute atomic E-state index is 12.3. The van der Waals surface area contributed by atoms with E-state index in [-0.39, 0.29) is 17.4 Å². The number of hydrogen-bond donors (Lipinski definition) is 1. The molecule has 140 valence electrons. The molecule has 6 nitrogen and oxygen atoms in total. The van der Waals surface area contributed by atoms with Crippen LogP contribution >= 0.6 is 0 Å². The van der Waals surface area contributed by atoms with Gasteiger partial charge >= 0.3 is 6.61 Å². The van der Waals surface area contributed by atoms with E-state index in [2.05, 4.69) is 29.0 Å². The molecule has 0 unspecified atom stereocenters. The Labute approximate surface area is 150 Å². The van der Waals surface area contributed by atoms with E-state index in [9.17, 15) is 13.6 Å². The molecule has 0 saturated carbocycles. The maximum atomic E-state index is 12.3. The van der Waals surface area contributed by atoms with Crippen LogP contribution in [0.15, 0.2) is 36.5 Å². The maximum Gasteiger partial charge on any atom is 0.387 e. The lowest BCUT2D eigenvalue weighted by atomic mass is 10.2. The zero-order valence-electron chi connectivity index (χ0n) is 14.8. The fraction of sp³-hybridized carbons (Fsp3) is 0.333. The number of aromatic nitrogens is 2. The van der Waals surface area contributed by atoms with Gasteiger partial charge in [-0.1, -0.05) is 19.9 Å². The van der Waals surface area contributed by atoms with E-state index >= 15 is 0 Å².